The molecule has 2 atom stereocenters. The van der Waals surface area contributed by atoms with Crippen LogP contribution in [0.1, 0.15) is 35.2 Å². The Labute approximate surface area is 139 Å². The van der Waals surface area contributed by atoms with Crippen molar-refractivity contribution in [2.45, 2.75) is 30.8 Å². The molecule has 0 radical (unpaired) electrons. The topological polar surface area (TPSA) is 112 Å². The molecule has 1 amide bonds. The first-order valence-electron chi connectivity index (χ1n) is 7.76. The Hall–Kier alpha value is -2.91. The predicted molar refractivity (Wildman–Crippen MR) is 90.2 cm³/mol. The highest BCUT2D eigenvalue weighted by Gasteiger charge is 2.40. The van der Waals surface area contributed by atoms with Gasteiger partial charge in [0, 0.05) is 11.9 Å². The molecule has 122 valence electrons. The van der Waals surface area contributed by atoms with Crippen LogP contribution < -0.4 is 11.1 Å². The predicted octanol–water partition coefficient (Wildman–Crippen LogP) is 2.22. The molecule has 0 aliphatic heterocycles. The molecule has 1 aliphatic rings. The number of aliphatic hydroxyl groups is 1. The monoisotopic (exact) mass is 322 g/mol. The van der Waals surface area contributed by atoms with E-state index in [2.05, 4.69) is 16.4 Å². The number of anilines is 2. The van der Waals surface area contributed by atoms with Crippen LogP contribution in [0.25, 0.3) is 0 Å². The zero-order valence-electron chi connectivity index (χ0n) is 13.1. The largest absolute Gasteiger partial charge is 0.393 e. The van der Waals surface area contributed by atoms with Crippen molar-refractivity contribution >= 4 is 17.4 Å². The number of rotatable bonds is 3. The summed E-state index contributed by atoms with van der Waals surface area (Å²) in [5, 5.41) is 22.1. The second-order valence-electron chi connectivity index (χ2n) is 6.06. The molecule has 0 spiro atoms. The summed E-state index contributed by atoms with van der Waals surface area (Å²) in [5.41, 5.74) is 6.84. The smallest absolute Gasteiger partial charge is 0.259 e. The van der Waals surface area contributed by atoms with Crippen molar-refractivity contribution < 1.29 is 9.90 Å². The van der Waals surface area contributed by atoms with E-state index in [0.717, 1.165) is 5.56 Å². The Morgan fingerprint density at radius 2 is 2.12 bits per heavy atom. The van der Waals surface area contributed by atoms with Crippen molar-refractivity contribution in [3.63, 3.8) is 0 Å². The number of carbonyl (C=O) groups is 1. The second-order valence-corrected chi connectivity index (χ2v) is 6.06. The highest BCUT2D eigenvalue weighted by Crippen LogP contribution is 2.41. The number of hydrogen-bond donors (Lipinski definition) is 3. The van der Waals surface area contributed by atoms with Gasteiger partial charge < -0.3 is 16.2 Å². The Balaban J connectivity index is 1.77. The SMILES string of the molecule is N#C[C@]1(c2ccc(NC(=O)c3cccnc3N)cc2)CC[C@H](O)C1. The number of benzene rings is 1. The summed E-state index contributed by atoms with van der Waals surface area (Å²) in [6.07, 6.45) is 2.81. The molecule has 6 heteroatoms. The number of nitrogens with two attached hydrogens (primary N) is 1. The molecule has 0 saturated heterocycles. The number of nitrogens with one attached hydrogen (secondary N) is 1. The van der Waals surface area contributed by atoms with Gasteiger partial charge in [0.05, 0.1) is 23.2 Å². The standard InChI is InChI=1S/C18H18N4O2/c19-11-18(8-7-14(23)10-18)12-3-5-13(6-4-12)22-17(24)15-2-1-9-21-16(15)20/h1-6,9,14,23H,7-8,10H2,(H2,20,21)(H,22,24)/t14-,18-/m0/s1. The lowest BCUT2D eigenvalue weighted by Crippen LogP contribution is -2.21. The van der Waals surface area contributed by atoms with Gasteiger partial charge in [0.2, 0.25) is 0 Å². The van der Waals surface area contributed by atoms with Crippen molar-refractivity contribution in [1.29, 1.82) is 5.26 Å². The van der Waals surface area contributed by atoms with Crippen molar-refractivity contribution in [3.05, 3.63) is 53.7 Å². The summed E-state index contributed by atoms with van der Waals surface area (Å²) in [6.45, 7) is 0. The zero-order chi connectivity index (χ0) is 17.2. The van der Waals surface area contributed by atoms with E-state index >= 15 is 0 Å². The molecule has 1 aromatic heterocycles. The lowest BCUT2D eigenvalue weighted by atomic mass is 9.80. The minimum Gasteiger partial charge on any atom is -0.393 e. The summed E-state index contributed by atoms with van der Waals surface area (Å²) in [6, 6.07) is 12.8. The fourth-order valence-electron chi connectivity index (χ4n) is 3.13. The van der Waals surface area contributed by atoms with Crippen LogP contribution in [0, 0.1) is 11.3 Å². The molecule has 1 fully saturated rings. The minimum absolute atomic E-state index is 0.176. The van der Waals surface area contributed by atoms with Crippen molar-refractivity contribution in [1.82, 2.24) is 4.98 Å². The third kappa shape index (κ3) is 2.94. The van der Waals surface area contributed by atoms with E-state index in [1.807, 2.05) is 12.1 Å². The first-order chi connectivity index (χ1) is 11.5. The van der Waals surface area contributed by atoms with Crippen LogP contribution in [0.15, 0.2) is 42.6 Å². The molecule has 0 unspecified atom stereocenters. The van der Waals surface area contributed by atoms with E-state index in [0.29, 0.717) is 30.5 Å². The molecule has 1 heterocycles. The van der Waals surface area contributed by atoms with Gasteiger partial charge in [-0.1, -0.05) is 12.1 Å². The van der Waals surface area contributed by atoms with Crippen LogP contribution in [0.4, 0.5) is 11.5 Å². The van der Waals surface area contributed by atoms with Gasteiger partial charge >= 0.3 is 0 Å². The quantitative estimate of drug-likeness (QED) is 0.802. The van der Waals surface area contributed by atoms with E-state index in [1.54, 1.807) is 24.3 Å². The number of carbonyl (C=O) groups excluding carboxylic acids is 1. The molecular weight excluding hydrogens is 304 g/mol. The van der Waals surface area contributed by atoms with Crippen molar-refractivity contribution in [2.24, 2.45) is 0 Å². The summed E-state index contributed by atoms with van der Waals surface area (Å²) < 4.78 is 0. The van der Waals surface area contributed by atoms with Gasteiger partial charge in [0.25, 0.3) is 5.91 Å². The highest BCUT2D eigenvalue weighted by atomic mass is 16.3. The number of nitrogens with zero attached hydrogens (tertiary/aromatic N) is 2. The molecule has 1 aromatic carbocycles. The molecule has 4 N–H and O–H groups in total. The maximum Gasteiger partial charge on any atom is 0.259 e. The van der Waals surface area contributed by atoms with Crippen LogP contribution >= 0.6 is 0 Å². The number of aliphatic hydroxyl groups excluding tert-OH is 1. The van der Waals surface area contributed by atoms with Gasteiger partial charge in [-0.15, -0.1) is 0 Å². The van der Waals surface area contributed by atoms with E-state index in [-0.39, 0.29) is 11.7 Å². The summed E-state index contributed by atoms with van der Waals surface area (Å²) >= 11 is 0. The van der Waals surface area contributed by atoms with Gasteiger partial charge in [-0.2, -0.15) is 5.26 Å². The average Bonchev–Trinajstić information content (AvgIpc) is 2.98. The Kier molecular flexibility index (Phi) is 4.19. The van der Waals surface area contributed by atoms with Gasteiger partial charge in [-0.3, -0.25) is 4.79 Å². The van der Waals surface area contributed by atoms with Gasteiger partial charge in [0.15, 0.2) is 0 Å². The fourth-order valence-corrected chi connectivity index (χ4v) is 3.13. The molecule has 3 rings (SSSR count). The van der Waals surface area contributed by atoms with Gasteiger partial charge in [-0.25, -0.2) is 4.98 Å². The average molecular weight is 322 g/mol. The number of nitriles is 1. The van der Waals surface area contributed by atoms with E-state index in [9.17, 15) is 15.2 Å². The van der Waals surface area contributed by atoms with Crippen LogP contribution in [-0.4, -0.2) is 22.1 Å². The summed E-state index contributed by atoms with van der Waals surface area (Å²) in [4.78, 5) is 16.1. The van der Waals surface area contributed by atoms with Gasteiger partial charge in [-0.05, 0) is 49.1 Å². The van der Waals surface area contributed by atoms with Gasteiger partial charge in [0.1, 0.15) is 5.82 Å². The fraction of sp³-hybridized carbons (Fsp3) is 0.278. The molecular formula is C18H18N4O2. The zero-order valence-corrected chi connectivity index (χ0v) is 13.1. The van der Waals surface area contributed by atoms with E-state index in [1.165, 1.54) is 6.20 Å². The Morgan fingerprint density at radius 1 is 1.38 bits per heavy atom. The van der Waals surface area contributed by atoms with Crippen molar-refractivity contribution in [3.8, 4) is 6.07 Å². The van der Waals surface area contributed by atoms with Crippen LogP contribution in [0.2, 0.25) is 0 Å². The number of pyridine rings is 1. The summed E-state index contributed by atoms with van der Waals surface area (Å²) in [7, 11) is 0. The van der Waals surface area contributed by atoms with Crippen LogP contribution in [0.5, 0.6) is 0 Å². The maximum atomic E-state index is 12.2. The molecule has 24 heavy (non-hydrogen) atoms. The first kappa shape index (κ1) is 16.0. The second kappa shape index (κ2) is 6.30. The van der Waals surface area contributed by atoms with Crippen LogP contribution in [-0.2, 0) is 5.41 Å². The maximum absolute atomic E-state index is 12.2. The Bertz CT molecular complexity index is 797. The number of aromatic nitrogens is 1. The van der Waals surface area contributed by atoms with E-state index < -0.39 is 11.5 Å². The molecule has 0 bridgehead atoms. The lowest BCUT2D eigenvalue weighted by Gasteiger charge is -2.21. The molecule has 1 saturated carbocycles. The molecule has 1 aliphatic carbocycles. The van der Waals surface area contributed by atoms with E-state index in [4.69, 9.17) is 5.73 Å². The molecule has 2 aromatic rings. The third-order valence-corrected chi connectivity index (χ3v) is 4.48. The third-order valence-electron chi connectivity index (χ3n) is 4.48. The lowest BCUT2D eigenvalue weighted by molar-refractivity contribution is 0.102. The summed E-state index contributed by atoms with van der Waals surface area (Å²) in [5.74, 6) is -0.158. The molecule has 6 nitrogen and oxygen atoms in total. The number of nitrogen functional groups attached to an aromatic ring is 1. The highest BCUT2D eigenvalue weighted by molar-refractivity contribution is 6.07. The normalized spacial score (nSPS) is 22.8. The van der Waals surface area contributed by atoms with Crippen LogP contribution in [0.3, 0.4) is 0 Å². The Morgan fingerprint density at radius 3 is 2.71 bits per heavy atom. The number of amides is 1. The minimum atomic E-state index is -0.643. The van der Waals surface area contributed by atoms with Crippen molar-refractivity contribution in [2.75, 3.05) is 11.1 Å². The first-order valence-corrected chi connectivity index (χ1v) is 7.76. The number of hydrogen-bond acceptors (Lipinski definition) is 5.